The minimum Gasteiger partial charge on any atom is -0.495 e. The van der Waals surface area contributed by atoms with Crippen molar-refractivity contribution in [1.82, 2.24) is 5.32 Å². The van der Waals surface area contributed by atoms with Gasteiger partial charge in [0.1, 0.15) is 5.75 Å². The maximum absolute atomic E-state index is 14.3. The summed E-state index contributed by atoms with van der Waals surface area (Å²) < 4.78 is 5.44. The quantitative estimate of drug-likeness (QED) is 0.120. The number of carbonyl (C=O) groups is 3. The standard InChI is InChI=1S/C37H37Cl2N3O6/c1-5-28-33(31-20(2)14-26(39)18-29(31)42(28)19-21-8-6-10-23(15-21)36(44)45)32(22-9-7-11-25(38)16-22)34(40-3)35(43)41-27-13-12-24(37(46)47)17-30(27)48-4/h6-18,28,32-34,40H,5,19H2,1-4H3,(H,41,43)(H,44,45)(H,46,47)/t28?,32-,33-,34-/m1/s1. The fourth-order valence-electron chi connectivity index (χ4n) is 7.00. The van der Waals surface area contributed by atoms with Gasteiger partial charge in [0.2, 0.25) is 5.91 Å². The Labute approximate surface area is 289 Å². The van der Waals surface area contributed by atoms with E-state index in [9.17, 15) is 24.6 Å². The Morgan fingerprint density at radius 2 is 1.62 bits per heavy atom. The normalized spacial score (nSPS) is 16.6. The number of methoxy groups -OCH3 is 1. The Morgan fingerprint density at radius 1 is 0.917 bits per heavy atom. The number of fused-ring (bicyclic) bond motifs is 1. The van der Waals surface area contributed by atoms with Crippen LogP contribution in [-0.2, 0) is 11.3 Å². The van der Waals surface area contributed by atoms with Crippen LogP contribution >= 0.6 is 23.2 Å². The van der Waals surface area contributed by atoms with E-state index in [0.717, 1.165) is 27.9 Å². The van der Waals surface area contributed by atoms with Gasteiger partial charge in [-0.25, -0.2) is 9.59 Å². The first-order chi connectivity index (χ1) is 23.0. The first-order valence-electron chi connectivity index (χ1n) is 15.5. The van der Waals surface area contributed by atoms with Gasteiger partial charge in [0.15, 0.2) is 0 Å². The summed E-state index contributed by atoms with van der Waals surface area (Å²) in [6, 6.07) is 21.6. The van der Waals surface area contributed by atoms with Crippen LogP contribution in [0.2, 0.25) is 10.0 Å². The molecule has 5 rings (SSSR count). The molecule has 1 amide bonds. The average Bonchev–Trinajstić information content (AvgIpc) is 3.35. The number of aromatic carboxylic acids is 2. The molecule has 0 spiro atoms. The molecular weight excluding hydrogens is 653 g/mol. The van der Waals surface area contributed by atoms with E-state index in [1.165, 1.54) is 25.3 Å². The second kappa shape index (κ2) is 14.7. The minimum absolute atomic E-state index is 0.0308. The summed E-state index contributed by atoms with van der Waals surface area (Å²) in [5.41, 5.74) is 5.18. The predicted octanol–water partition coefficient (Wildman–Crippen LogP) is 7.60. The highest BCUT2D eigenvalue weighted by molar-refractivity contribution is 6.31. The molecule has 0 fully saturated rings. The van der Waals surface area contributed by atoms with Crippen molar-refractivity contribution in [2.75, 3.05) is 24.4 Å². The zero-order valence-corrected chi connectivity index (χ0v) is 28.5. The molecular formula is C37H37Cl2N3O6. The lowest BCUT2D eigenvalue weighted by Crippen LogP contribution is -2.47. The number of benzene rings is 4. The average molecular weight is 691 g/mol. The Hall–Kier alpha value is -4.57. The summed E-state index contributed by atoms with van der Waals surface area (Å²) >= 11 is 13.2. The van der Waals surface area contributed by atoms with E-state index in [1.807, 2.05) is 43.3 Å². The summed E-state index contributed by atoms with van der Waals surface area (Å²) in [4.78, 5) is 40.0. The molecule has 1 heterocycles. The lowest BCUT2D eigenvalue weighted by atomic mass is 9.73. The number of nitrogens with zero attached hydrogens (tertiary/aromatic N) is 1. The van der Waals surface area contributed by atoms with E-state index in [0.29, 0.717) is 28.7 Å². The van der Waals surface area contributed by atoms with Crippen molar-refractivity contribution in [3.05, 3.63) is 122 Å². The monoisotopic (exact) mass is 689 g/mol. The molecule has 1 unspecified atom stereocenters. The number of ether oxygens (including phenoxy) is 1. The number of likely N-dealkylation sites (N-methyl/N-ethyl adjacent to an activating group) is 1. The number of carboxylic acid groups (broad SMARTS) is 2. The van der Waals surface area contributed by atoms with Crippen LogP contribution in [0.4, 0.5) is 11.4 Å². The lowest BCUT2D eigenvalue weighted by molar-refractivity contribution is -0.118. The SMILES string of the molecule is CCC1[C@@H]([C@@H](c2cccc(Cl)c2)[C@@H](NC)C(=O)Nc2ccc(C(=O)O)cc2OC)c2c(C)cc(Cl)cc2N1Cc1cccc(C(=O)O)c1. The summed E-state index contributed by atoms with van der Waals surface area (Å²) in [6.07, 6.45) is 0.703. The first-order valence-corrected chi connectivity index (χ1v) is 16.3. The number of aryl methyl sites for hydroxylation is 1. The van der Waals surface area contributed by atoms with Gasteiger partial charge in [0, 0.05) is 40.2 Å². The van der Waals surface area contributed by atoms with Crippen molar-refractivity contribution in [2.24, 2.45) is 0 Å². The van der Waals surface area contributed by atoms with Gasteiger partial charge in [-0.15, -0.1) is 0 Å². The maximum atomic E-state index is 14.3. The minimum atomic E-state index is -1.11. The van der Waals surface area contributed by atoms with Crippen LogP contribution in [-0.4, -0.2) is 54.3 Å². The van der Waals surface area contributed by atoms with Gasteiger partial charge in [0.25, 0.3) is 0 Å². The smallest absolute Gasteiger partial charge is 0.335 e. The molecule has 0 aliphatic carbocycles. The van der Waals surface area contributed by atoms with Crippen molar-refractivity contribution in [3.8, 4) is 5.75 Å². The Balaban J connectivity index is 1.64. The third-order valence-electron chi connectivity index (χ3n) is 9.01. The first kappa shape index (κ1) is 34.8. The van der Waals surface area contributed by atoms with E-state index < -0.39 is 23.9 Å². The van der Waals surface area contributed by atoms with Crippen LogP contribution in [0.1, 0.15) is 68.2 Å². The number of nitrogens with one attached hydrogen (secondary N) is 2. The molecule has 0 bridgehead atoms. The van der Waals surface area contributed by atoms with Gasteiger partial charge in [-0.05, 0) is 97.2 Å². The van der Waals surface area contributed by atoms with Crippen LogP contribution in [0, 0.1) is 6.92 Å². The molecule has 0 aromatic heterocycles. The van der Waals surface area contributed by atoms with Crippen molar-refractivity contribution >= 4 is 52.4 Å². The van der Waals surface area contributed by atoms with Crippen molar-refractivity contribution in [2.45, 2.75) is 50.7 Å². The van der Waals surface area contributed by atoms with Gasteiger partial charge in [-0.1, -0.05) is 54.4 Å². The molecule has 250 valence electrons. The lowest BCUT2D eigenvalue weighted by Gasteiger charge is -2.37. The van der Waals surface area contributed by atoms with E-state index in [4.69, 9.17) is 27.9 Å². The van der Waals surface area contributed by atoms with Crippen LogP contribution in [0.15, 0.2) is 78.9 Å². The molecule has 9 nitrogen and oxygen atoms in total. The molecule has 4 N–H and O–H groups in total. The number of amides is 1. The summed E-state index contributed by atoms with van der Waals surface area (Å²) in [6.45, 7) is 4.53. The number of anilines is 2. The number of carbonyl (C=O) groups excluding carboxylic acids is 1. The Morgan fingerprint density at radius 3 is 2.27 bits per heavy atom. The highest BCUT2D eigenvalue weighted by atomic mass is 35.5. The van der Waals surface area contributed by atoms with E-state index in [-0.39, 0.29) is 34.7 Å². The predicted molar refractivity (Wildman–Crippen MR) is 188 cm³/mol. The van der Waals surface area contributed by atoms with Crippen molar-refractivity contribution < 1.29 is 29.3 Å². The fourth-order valence-corrected chi connectivity index (χ4v) is 7.47. The molecule has 0 saturated carbocycles. The highest BCUT2D eigenvalue weighted by Gasteiger charge is 2.47. The highest BCUT2D eigenvalue weighted by Crippen LogP contribution is 2.53. The van der Waals surface area contributed by atoms with Gasteiger partial charge < -0.3 is 30.5 Å². The van der Waals surface area contributed by atoms with Gasteiger partial charge in [-0.3, -0.25) is 4.79 Å². The zero-order chi connectivity index (χ0) is 34.7. The third-order valence-corrected chi connectivity index (χ3v) is 9.47. The molecule has 1 aliphatic heterocycles. The fraction of sp³-hybridized carbons (Fsp3) is 0.270. The Bertz CT molecular complexity index is 1870. The molecule has 0 saturated heterocycles. The van der Waals surface area contributed by atoms with Crippen molar-refractivity contribution in [3.63, 3.8) is 0 Å². The van der Waals surface area contributed by atoms with Crippen LogP contribution in [0.3, 0.4) is 0 Å². The molecule has 11 heteroatoms. The Kier molecular flexibility index (Phi) is 10.6. The summed E-state index contributed by atoms with van der Waals surface area (Å²) in [7, 11) is 3.14. The number of hydrogen-bond donors (Lipinski definition) is 4. The molecule has 4 aromatic carbocycles. The van der Waals surface area contributed by atoms with E-state index >= 15 is 0 Å². The van der Waals surface area contributed by atoms with E-state index in [1.54, 1.807) is 31.3 Å². The van der Waals surface area contributed by atoms with Gasteiger partial charge in [0.05, 0.1) is 30.0 Å². The zero-order valence-electron chi connectivity index (χ0n) is 27.0. The molecule has 0 radical (unpaired) electrons. The molecule has 4 aromatic rings. The second-order valence-corrected chi connectivity index (χ2v) is 12.7. The molecule has 1 aliphatic rings. The topological polar surface area (TPSA) is 128 Å². The van der Waals surface area contributed by atoms with Gasteiger partial charge >= 0.3 is 11.9 Å². The second-order valence-electron chi connectivity index (χ2n) is 11.8. The third kappa shape index (κ3) is 6.99. The van der Waals surface area contributed by atoms with Gasteiger partial charge in [-0.2, -0.15) is 0 Å². The van der Waals surface area contributed by atoms with Crippen LogP contribution in [0.5, 0.6) is 5.75 Å². The van der Waals surface area contributed by atoms with Crippen LogP contribution < -0.4 is 20.3 Å². The van der Waals surface area contributed by atoms with E-state index in [2.05, 4.69) is 22.5 Å². The molecule has 48 heavy (non-hydrogen) atoms. The number of halogens is 2. The summed E-state index contributed by atoms with van der Waals surface area (Å²) in [5.74, 6) is -2.92. The number of rotatable bonds is 12. The number of carboxylic acids is 2. The molecule has 4 atom stereocenters. The maximum Gasteiger partial charge on any atom is 0.335 e. The van der Waals surface area contributed by atoms with Crippen molar-refractivity contribution in [1.29, 1.82) is 0 Å². The largest absolute Gasteiger partial charge is 0.495 e. The summed E-state index contributed by atoms with van der Waals surface area (Å²) in [5, 5.41) is 26.5. The van der Waals surface area contributed by atoms with Crippen LogP contribution in [0.25, 0.3) is 0 Å². The number of hydrogen-bond acceptors (Lipinski definition) is 6.